The van der Waals surface area contributed by atoms with Crippen molar-refractivity contribution >= 4 is 29.1 Å². The van der Waals surface area contributed by atoms with Crippen molar-refractivity contribution in [2.75, 3.05) is 6.54 Å². The number of hydrogen-bond donors (Lipinski definition) is 2. The molecule has 0 radical (unpaired) electrons. The average Bonchev–Trinajstić information content (AvgIpc) is 2.53. The number of nitrogens with two attached hydrogens (primary N) is 1. The van der Waals surface area contributed by atoms with Gasteiger partial charge in [-0.1, -0.05) is 50.2 Å². The average molecular weight is 321 g/mol. The Labute approximate surface area is 138 Å². The first-order valence-corrected chi connectivity index (χ1v) is 7.68. The fourth-order valence-electron chi connectivity index (χ4n) is 2.65. The Morgan fingerprint density at radius 1 is 1.09 bits per heavy atom. The molecular weight excluding hydrogens is 296 g/mol. The number of fused-ring (bicyclic) bond motifs is 1. The molecule has 0 spiro atoms. The SMILES string of the molecule is CCC(CC)C(=O)NC(CN)c1ccc2ccccc2c1.Cl. The number of nitrogens with one attached hydrogen (secondary N) is 1. The summed E-state index contributed by atoms with van der Waals surface area (Å²) >= 11 is 0. The lowest BCUT2D eigenvalue weighted by Gasteiger charge is -2.21. The second-order valence-electron chi connectivity index (χ2n) is 5.42. The third kappa shape index (κ3) is 4.21. The first-order chi connectivity index (χ1) is 10.2. The van der Waals surface area contributed by atoms with E-state index in [1.165, 1.54) is 10.8 Å². The van der Waals surface area contributed by atoms with Gasteiger partial charge in [-0.3, -0.25) is 4.79 Å². The number of amides is 1. The smallest absolute Gasteiger partial charge is 0.223 e. The van der Waals surface area contributed by atoms with Crippen molar-refractivity contribution in [3.8, 4) is 0 Å². The molecule has 1 amide bonds. The molecule has 1 unspecified atom stereocenters. The predicted molar refractivity (Wildman–Crippen MR) is 95.2 cm³/mol. The summed E-state index contributed by atoms with van der Waals surface area (Å²) in [6.45, 7) is 4.49. The van der Waals surface area contributed by atoms with Crippen molar-refractivity contribution in [1.29, 1.82) is 0 Å². The maximum absolute atomic E-state index is 12.2. The largest absolute Gasteiger partial charge is 0.348 e. The van der Waals surface area contributed by atoms with Crippen molar-refractivity contribution in [2.24, 2.45) is 11.7 Å². The summed E-state index contributed by atoms with van der Waals surface area (Å²) in [6.07, 6.45) is 1.72. The molecule has 0 aliphatic heterocycles. The molecule has 0 fully saturated rings. The normalized spacial score (nSPS) is 12.0. The molecule has 120 valence electrons. The van der Waals surface area contributed by atoms with E-state index in [2.05, 4.69) is 29.6 Å². The van der Waals surface area contributed by atoms with Crippen LogP contribution in [-0.2, 0) is 4.79 Å². The molecule has 0 aliphatic rings. The lowest BCUT2D eigenvalue weighted by molar-refractivity contribution is -0.125. The van der Waals surface area contributed by atoms with E-state index in [1.807, 2.05) is 32.0 Å². The number of halogens is 1. The summed E-state index contributed by atoms with van der Waals surface area (Å²) in [6, 6.07) is 14.3. The molecule has 1 atom stereocenters. The van der Waals surface area contributed by atoms with Crippen molar-refractivity contribution in [2.45, 2.75) is 32.7 Å². The number of carbonyl (C=O) groups is 1. The second-order valence-corrected chi connectivity index (χ2v) is 5.42. The third-order valence-corrected chi connectivity index (χ3v) is 4.08. The molecule has 22 heavy (non-hydrogen) atoms. The van der Waals surface area contributed by atoms with Gasteiger partial charge in [-0.2, -0.15) is 0 Å². The van der Waals surface area contributed by atoms with E-state index in [9.17, 15) is 4.79 Å². The van der Waals surface area contributed by atoms with Crippen LogP contribution < -0.4 is 11.1 Å². The maximum Gasteiger partial charge on any atom is 0.223 e. The highest BCUT2D eigenvalue weighted by Gasteiger charge is 2.19. The minimum Gasteiger partial charge on any atom is -0.348 e. The van der Waals surface area contributed by atoms with Crippen molar-refractivity contribution in [3.63, 3.8) is 0 Å². The first kappa shape index (κ1) is 18.5. The predicted octanol–water partition coefficient (Wildman–Crippen LogP) is 3.81. The van der Waals surface area contributed by atoms with E-state index in [-0.39, 0.29) is 30.3 Å². The van der Waals surface area contributed by atoms with E-state index in [0.717, 1.165) is 18.4 Å². The van der Waals surface area contributed by atoms with Crippen LogP contribution in [0, 0.1) is 5.92 Å². The molecule has 2 rings (SSSR count). The Kier molecular flexibility index (Phi) is 7.36. The molecule has 3 N–H and O–H groups in total. The highest BCUT2D eigenvalue weighted by Crippen LogP contribution is 2.21. The second kappa shape index (κ2) is 8.76. The van der Waals surface area contributed by atoms with Crippen LogP contribution in [0.3, 0.4) is 0 Å². The molecular formula is C18H25ClN2O. The monoisotopic (exact) mass is 320 g/mol. The molecule has 0 heterocycles. The zero-order valence-electron chi connectivity index (χ0n) is 13.2. The molecule has 0 bridgehead atoms. The number of carbonyl (C=O) groups excluding carboxylic acids is 1. The fraction of sp³-hybridized carbons (Fsp3) is 0.389. The van der Waals surface area contributed by atoms with Crippen LogP contribution >= 0.6 is 12.4 Å². The summed E-state index contributed by atoms with van der Waals surface area (Å²) in [5.74, 6) is 0.170. The van der Waals surface area contributed by atoms with Gasteiger partial charge in [0.05, 0.1) is 6.04 Å². The van der Waals surface area contributed by atoms with E-state index in [1.54, 1.807) is 0 Å². The molecule has 3 nitrogen and oxygen atoms in total. The summed E-state index contributed by atoms with van der Waals surface area (Å²) in [5.41, 5.74) is 6.93. The molecule has 2 aromatic carbocycles. The Balaban J connectivity index is 0.00000242. The number of hydrogen-bond acceptors (Lipinski definition) is 2. The van der Waals surface area contributed by atoms with Crippen LogP contribution in [0.5, 0.6) is 0 Å². The molecule has 0 aliphatic carbocycles. The Morgan fingerprint density at radius 3 is 2.32 bits per heavy atom. The highest BCUT2D eigenvalue weighted by molar-refractivity contribution is 5.85. The quantitative estimate of drug-likeness (QED) is 0.850. The summed E-state index contributed by atoms with van der Waals surface area (Å²) in [7, 11) is 0. The first-order valence-electron chi connectivity index (χ1n) is 7.68. The summed E-state index contributed by atoms with van der Waals surface area (Å²) in [5, 5.41) is 5.45. The topological polar surface area (TPSA) is 55.1 Å². The minimum atomic E-state index is -0.122. The van der Waals surface area contributed by atoms with Crippen molar-refractivity contribution < 1.29 is 4.79 Å². The third-order valence-electron chi connectivity index (χ3n) is 4.08. The number of benzene rings is 2. The van der Waals surface area contributed by atoms with Crippen LogP contribution in [-0.4, -0.2) is 12.5 Å². The summed E-state index contributed by atoms with van der Waals surface area (Å²) in [4.78, 5) is 12.2. The molecule has 0 saturated heterocycles. The van der Waals surface area contributed by atoms with E-state index < -0.39 is 0 Å². The van der Waals surface area contributed by atoms with Crippen LogP contribution in [0.4, 0.5) is 0 Å². The molecule has 0 aromatic heterocycles. The van der Waals surface area contributed by atoms with Gasteiger partial charge in [0.25, 0.3) is 0 Å². The maximum atomic E-state index is 12.2. The lowest BCUT2D eigenvalue weighted by atomic mass is 9.99. The van der Waals surface area contributed by atoms with Gasteiger partial charge in [-0.15, -0.1) is 12.4 Å². The van der Waals surface area contributed by atoms with Gasteiger partial charge in [-0.05, 0) is 35.2 Å². The Bertz CT molecular complexity index is 611. The van der Waals surface area contributed by atoms with Gasteiger partial charge in [0.15, 0.2) is 0 Å². The van der Waals surface area contributed by atoms with E-state index >= 15 is 0 Å². The van der Waals surface area contributed by atoms with Crippen LogP contribution in [0.15, 0.2) is 42.5 Å². The van der Waals surface area contributed by atoms with Gasteiger partial charge in [-0.25, -0.2) is 0 Å². The standard InChI is InChI=1S/C18H24N2O.ClH/c1-3-13(4-2)18(21)20-17(12-19)16-10-9-14-7-5-6-8-15(14)11-16;/h5-11,13,17H,3-4,12,19H2,1-2H3,(H,20,21);1H. The number of rotatable bonds is 6. The fourth-order valence-corrected chi connectivity index (χ4v) is 2.65. The minimum absolute atomic E-state index is 0. The van der Waals surface area contributed by atoms with Crippen molar-refractivity contribution in [3.05, 3.63) is 48.0 Å². The zero-order valence-corrected chi connectivity index (χ0v) is 14.0. The Hall–Kier alpha value is -1.58. The van der Waals surface area contributed by atoms with Gasteiger partial charge in [0.1, 0.15) is 0 Å². The molecule has 2 aromatic rings. The van der Waals surface area contributed by atoms with Gasteiger partial charge in [0, 0.05) is 12.5 Å². The molecule has 4 heteroatoms. The van der Waals surface area contributed by atoms with Crippen LogP contribution in [0.2, 0.25) is 0 Å². The van der Waals surface area contributed by atoms with Crippen LogP contribution in [0.25, 0.3) is 10.8 Å². The Morgan fingerprint density at radius 2 is 1.73 bits per heavy atom. The van der Waals surface area contributed by atoms with Gasteiger partial charge in [0.2, 0.25) is 5.91 Å². The van der Waals surface area contributed by atoms with Crippen LogP contribution in [0.1, 0.15) is 38.3 Å². The van der Waals surface area contributed by atoms with Crippen molar-refractivity contribution in [1.82, 2.24) is 5.32 Å². The molecule has 0 saturated carbocycles. The van der Waals surface area contributed by atoms with Gasteiger partial charge >= 0.3 is 0 Å². The van der Waals surface area contributed by atoms with E-state index in [4.69, 9.17) is 5.73 Å². The lowest BCUT2D eigenvalue weighted by Crippen LogP contribution is -2.37. The zero-order chi connectivity index (χ0) is 15.2. The van der Waals surface area contributed by atoms with Gasteiger partial charge < -0.3 is 11.1 Å². The van der Waals surface area contributed by atoms with E-state index in [0.29, 0.717) is 6.54 Å². The highest BCUT2D eigenvalue weighted by atomic mass is 35.5. The summed E-state index contributed by atoms with van der Waals surface area (Å²) < 4.78 is 0.